The van der Waals surface area contributed by atoms with Gasteiger partial charge in [-0.2, -0.15) is 0 Å². The second-order valence-corrected chi connectivity index (χ2v) is 6.45. The van der Waals surface area contributed by atoms with Crippen LogP contribution in [-0.2, 0) is 14.7 Å². The Hall–Kier alpha value is -1.40. The van der Waals surface area contributed by atoms with E-state index in [1.165, 1.54) is 24.3 Å². The van der Waals surface area contributed by atoms with Crippen molar-refractivity contribution >= 4 is 15.7 Å². The van der Waals surface area contributed by atoms with Gasteiger partial charge in [0.25, 0.3) is 5.91 Å². The Kier molecular flexibility index (Phi) is 4.86. The van der Waals surface area contributed by atoms with Crippen LogP contribution in [-0.4, -0.2) is 27.2 Å². The van der Waals surface area contributed by atoms with Gasteiger partial charge in [0.15, 0.2) is 9.84 Å². The monoisotopic (exact) mass is 271 g/mol. The minimum atomic E-state index is -3.24. The van der Waals surface area contributed by atoms with Crippen molar-refractivity contribution in [3.63, 3.8) is 0 Å². The van der Waals surface area contributed by atoms with Gasteiger partial charge in [-0.05, 0) is 30.2 Å². The highest BCUT2D eigenvalue weighted by Crippen LogP contribution is 2.10. The molecule has 0 spiro atoms. The van der Waals surface area contributed by atoms with Gasteiger partial charge in [0.1, 0.15) is 0 Å². The van der Waals surface area contributed by atoms with Crippen LogP contribution in [0.3, 0.4) is 0 Å². The van der Waals surface area contributed by atoms with Gasteiger partial charge in [-0.3, -0.25) is 9.63 Å². The molecule has 6 heteroatoms. The van der Waals surface area contributed by atoms with Gasteiger partial charge in [0, 0.05) is 11.8 Å². The highest BCUT2D eigenvalue weighted by molar-refractivity contribution is 7.90. The first-order chi connectivity index (χ1) is 8.30. The fraction of sp³-hybridized carbons (Fsp3) is 0.417. The zero-order chi connectivity index (χ0) is 13.8. The third-order valence-corrected chi connectivity index (χ3v) is 3.25. The van der Waals surface area contributed by atoms with Crippen LogP contribution in [0.15, 0.2) is 29.2 Å². The summed E-state index contributed by atoms with van der Waals surface area (Å²) in [6.07, 6.45) is 1.12. The highest BCUT2D eigenvalue weighted by Gasteiger charge is 2.09. The van der Waals surface area contributed by atoms with Crippen molar-refractivity contribution in [3.8, 4) is 0 Å². The zero-order valence-electron chi connectivity index (χ0n) is 10.6. The smallest absolute Gasteiger partial charge is 0.273 e. The molecule has 0 fully saturated rings. The molecule has 0 bridgehead atoms. The first-order valence-electron chi connectivity index (χ1n) is 5.53. The summed E-state index contributed by atoms with van der Waals surface area (Å²) in [5, 5.41) is 0. The molecule has 0 aliphatic heterocycles. The highest BCUT2D eigenvalue weighted by atomic mass is 32.2. The third-order valence-electron chi connectivity index (χ3n) is 2.13. The number of hydrogen-bond acceptors (Lipinski definition) is 4. The Morgan fingerprint density at radius 2 is 1.83 bits per heavy atom. The Bertz CT molecular complexity index is 505. The van der Waals surface area contributed by atoms with Crippen molar-refractivity contribution < 1.29 is 18.0 Å². The van der Waals surface area contributed by atoms with Gasteiger partial charge in [-0.15, -0.1) is 0 Å². The molecule has 0 heterocycles. The number of nitrogens with one attached hydrogen (secondary N) is 1. The quantitative estimate of drug-likeness (QED) is 0.822. The van der Waals surface area contributed by atoms with E-state index in [4.69, 9.17) is 4.84 Å². The predicted octanol–water partition coefficient (Wildman–Crippen LogP) is 1.41. The van der Waals surface area contributed by atoms with Gasteiger partial charge in [0.05, 0.1) is 11.5 Å². The Morgan fingerprint density at radius 1 is 1.28 bits per heavy atom. The molecule has 0 aromatic heterocycles. The van der Waals surface area contributed by atoms with E-state index in [2.05, 4.69) is 5.48 Å². The maximum absolute atomic E-state index is 11.6. The maximum Gasteiger partial charge on any atom is 0.274 e. The molecule has 0 unspecified atom stereocenters. The number of benzene rings is 1. The third kappa shape index (κ3) is 4.46. The van der Waals surface area contributed by atoms with Gasteiger partial charge < -0.3 is 0 Å². The van der Waals surface area contributed by atoms with Crippen LogP contribution >= 0.6 is 0 Å². The number of carbonyl (C=O) groups excluding carboxylic acids is 1. The van der Waals surface area contributed by atoms with Crippen LogP contribution < -0.4 is 5.48 Å². The van der Waals surface area contributed by atoms with Crippen molar-refractivity contribution in [2.45, 2.75) is 18.7 Å². The van der Waals surface area contributed by atoms with Crippen LogP contribution in [0.25, 0.3) is 0 Å². The summed E-state index contributed by atoms with van der Waals surface area (Å²) < 4.78 is 22.5. The summed E-state index contributed by atoms with van der Waals surface area (Å²) in [6, 6.07) is 5.69. The van der Waals surface area contributed by atoms with Crippen LogP contribution in [0.2, 0.25) is 0 Å². The lowest BCUT2D eigenvalue weighted by Crippen LogP contribution is -2.25. The maximum atomic E-state index is 11.6. The summed E-state index contributed by atoms with van der Waals surface area (Å²) in [6.45, 7) is 4.35. The molecule has 1 rings (SSSR count). The van der Waals surface area contributed by atoms with E-state index >= 15 is 0 Å². The first-order valence-corrected chi connectivity index (χ1v) is 7.42. The van der Waals surface area contributed by atoms with Gasteiger partial charge in [-0.1, -0.05) is 13.8 Å². The first kappa shape index (κ1) is 14.7. The minimum Gasteiger partial charge on any atom is -0.273 e. The Labute approximate surface area is 107 Å². The summed E-state index contributed by atoms with van der Waals surface area (Å²) >= 11 is 0. The molecule has 100 valence electrons. The van der Waals surface area contributed by atoms with Crippen LogP contribution in [0, 0.1) is 5.92 Å². The molecule has 1 N–H and O–H groups in total. The largest absolute Gasteiger partial charge is 0.274 e. The zero-order valence-corrected chi connectivity index (χ0v) is 11.5. The number of sulfone groups is 1. The Balaban J connectivity index is 2.65. The van der Waals surface area contributed by atoms with Crippen LogP contribution in [0.4, 0.5) is 0 Å². The molecule has 18 heavy (non-hydrogen) atoms. The average molecular weight is 271 g/mol. The van der Waals surface area contributed by atoms with Crippen molar-refractivity contribution in [1.29, 1.82) is 0 Å². The summed E-state index contributed by atoms with van der Waals surface area (Å²) in [7, 11) is -3.24. The molecular weight excluding hydrogens is 254 g/mol. The second-order valence-electron chi connectivity index (χ2n) is 4.43. The molecule has 1 aromatic rings. The summed E-state index contributed by atoms with van der Waals surface area (Å²) in [4.78, 5) is 16.8. The van der Waals surface area contributed by atoms with Crippen molar-refractivity contribution in [2.75, 3.05) is 12.9 Å². The summed E-state index contributed by atoms with van der Waals surface area (Å²) in [5.74, 6) is -0.0754. The lowest BCUT2D eigenvalue weighted by atomic mass is 10.2. The lowest BCUT2D eigenvalue weighted by Gasteiger charge is -2.08. The number of hydroxylamine groups is 1. The van der Waals surface area contributed by atoms with E-state index in [9.17, 15) is 13.2 Å². The molecule has 0 saturated carbocycles. The molecule has 1 aromatic carbocycles. The standard InChI is InChI=1S/C12H17NO4S/c1-9(2)8-17-13-12(14)10-4-6-11(7-5-10)18(3,15)16/h4-7,9H,8H2,1-3H3,(H,13,14). The minimum absolute atomic E-state index is 0.183. The van der Waals surface area contributed by atoms with E-state index in [0.29, 0.717) is 18.1 Å². The van der Waals surface area contributed by atoms with Gasteiger partial charge in [-0.25, -0.2) is 13.9 Å². The molecule has 0 aliphatic rings. The fourth-order valence-electron chi connectivity index (χ4n) is 1.19. The molecule has 1 amide bonds. The van der Waals surface area contributed by atoms with Crippen molar-refractivity contribution in [1.82, 2.24) is 5.48 Å². The number of amides is 1. The topological polar surface area (TPSA) is 72.5 Å². The summed E-state index contributed by atoms with van der Waals surface area (Å²) in [5.41, 5.74) is 2.65. The van der Waals surface area contributed by atoms with Crippen molar-refractivity contribution in [2.24, 2.45) is 5.92 Å². The van der Waals surface area contributed by atoms with E-state index in [1.807, 2.05) is 13.8 Å². The number of carbonyl (C=O) groups is 1. The average Bonchev–Trinajstić information content (AvgIpc) is 2.27. The SMILES string of the molecule is CC(C)CONC(=O)c1ccc(S(C)(=O)=O)cc1. The lowest BCUT2D eigenvalue weighted by molar-refractivity contribution is 0.0208. The predicted molar refractivity (Wildman–Crippen MR) is 67.8 cm³/mol. The van der Waals surface area contributed by atoms with Crippen molar-refractivity contribution in [3.05, 3.63) is 29.8 Å². The van der Waals surface area contributed by atoms with E-state index in [1.54, 1.807) is 0 Å². The molecular formula is C12H17NO4S. The molecule has 0 radical (unpaired) electrons. The fourth-order valence-corrected chi connectivity index (χ4v) is 1.82. The molecule has 5 nitrogen and oxygen atoms in total. The van der Waals surface area contributed by atoms with Gasteiger partial charge >= 0.3 is 0 Å². The number of rotatable bonds is 5. The van der Waals surface area contributed by atoms with E-state index < -0.39 is 15.7 Å². The molecule has 0 saturated heterocycles. The molecule has 0 aliphatic carbocycles. The van der Waals surface area contributed by atoms with Gasteiger partial charge in [0.2, 0.25) is 0 Å². The van der Waals surface area contributed by atoms with E-state index in [-0.39, 0.29) is 4.90 Å². The van der Waals surface area contributed by atoms with Crippen LogP contribution in [0.5, 0.6) is 0 Å². The van der Waals surface area contributed by atoms with Crippen LogP contribution in [0.1, 0.15) is 24.2 Å². The van der Waals surface area contributed by atoms with E-state index in [0.717, 1.165) is 6.26 Å². The number of hydrogen-bond donors (Lipinski definition) is 1. The second kappa shape index (κ2) is 5.97. The molecule has 0 atom stereocenters. The Morgan fingerprint density at radius 3 is 2.28 bits per heavy atom. The normalized spacial score (nSPS) is 11.6.